The maximum absolute atomic E-state index is 12.5. The van der Waals surface area contributed by atoms with Crippen molar-refractivity contribution in [1.82, 2.24) is 0 Å². The molecular weight excluding hydrogens is 470 g/mol. The lowest BCUT2D eigenvalue weighted by atomic mass is 9.88. The number of rotatable bonds is 15. The lowest BCUT2D eigenvalue weighted by Crippen LogP contribution is -2.51. The Kier molecular flexibility index (Phi) is 13.5. The fourth-order valence-electron chi connectivity index (χ4n) is 3.10. The van der Waals surface area contributed by atoms with Crippen molar-refractivity contribution in [3.63, 3.8) is 0 Å². The van der Waals surface area contributed by atoms with E-state index in [0.29, 0.717) is 18.4 Å². The Morgan fingerprint density at radius 1 is 0.944 bits per heavy atom. The Morgan fingerprint density at radius 2 is 1.56 bits per heavy atom. The SMILES string of the molecule is CCCC(=O)Oc1ccc(CC(N)(CCOC(=O)OC[C@@H](C)CC)C(=O)OC)cc1OC(=O)CCC. The van der Waals surface area contributed by atoms with Crippen molar-refractivity contribution >= 4 is 24.1 Å². The van der Waals surface area contributed by atoms with Gasteiger partial charge in [0, 0.05) is 25.7 Å². The van der Waals surface area contributed by atoms with Crippen molar-refractivity contribution in [2.75, 3.05) is 20.3 Å². The average molecular weight is 510 g/mol. The molecule has 36 heavy (non-hydrogen) atoms. The van der Waals surface area contributed by atoms with Gasteiger partial charge < -0.3 is 29.4 Å². The van der Waals surface area contributed by atoms with Crippen LogP contribution in [0, 0.1) is 5.92 Å². The first-order chi connectivity index (χ1) is 17.1. The molecule has 0 radical (unpaired) electrons. The van der Waals surface area contributed by atoms with Gasteiger partial charge in [0.15, 0.2) is 11.5 Å². The van der Waals surface area contributed by atoms with Gasteiger partial charge in [-0.15, -0.1) is 0 Å². The Bertz CT molecular complexity index is 886. The van der Waals surface area contributed by atoms with Crippen LogP contribution in [0.1, 0.15) is 71.8 Å². The minimum Gasteiger partial charge on any atom is -0.468 e. The normalized spacial score (nSPS) is 13.2. The summed E-state index contributed by atoms with van der Waals surface area (Å²) in [5.41, 5.74) is 5.35. The molecule has 2 N–H and O–H groups in total. The lowest BCUT2D eigenvalue weighted by Gasteiger charge is -2.26. The minimum absolute atomic E-state index is 0.0214. The minimum atomic E-state index is -1.54. The van der Waals surface area contributed by atoms with E-state index in [2.05, 4.69) is 0 Å². The molecule has 10 nitrogen and oxygen atoms in total. The molecule has 10 heteroatoms. The van der Waals surface area contributed by atoms with Crippen LogP contribution in [0.3, 0.4) is 0 Å². The summed E-state index contributed by atoms with van der Waals surface area (Å²) >= 11 is 0. The van der Waals surface area contributed by atoms with E-state index in [-0.39, 0.29) is 56.3 Å². The summed E-state index contributed by atoms with van der Waals surface area (Å²) in [4.78, 5) is 48.5. The molecule has 0 aliphatic carbocycles. The number of carbonyl (C=O) groups excluding carboxylic acids is 4. The van der Waals surface area contributed by atoms with Crippen molar-refractivity contribution in [2.24, 2.45) is 11.7 Å². The molecule has 0 amide bonds. The van der Waals surface area contributed by atoms with Crippen molar-refractivity contribution in [3.8, 4) is 11.5 Å². The summed E-state index contributed by atoms with van der Waals surface area (Å²) in [5, 5.41) is 0. The summed E-state index contributed by atoms with van der Waals surface area (Å²) in [6.45, 7) is 7.66. The van der Waals surface area contributed by atoms with Gasteiger partial charge >= 0.3 is 24.1 Å². The Labute approximate surface area is 212 Å². The molecule has 0 fully saturated rings. The number of methoxy groups -OCH3 is 1. The average Bonchev–Trinajstić information content (AvgIpc) is 2.83. The fraction of sp³-hybridized carbons (Fsp3) is 0.615. The zero-order valence-corrected chi connectivity index (χ0v) is 21.9. The van der Waals surface area contributed by atoms with Gasteiger partial charge in [-0.1, -0.05) is 40.2 Å². The zero-order valence-electron chi connectivity index (χ0n) is 21.9. The molecule has 202 valence electrons. The largest absolute Gasteiger partial charge is 0.508 e. The molecule has 1 unspecified atom stereocenters. The molecule has 0 bridgehead atoms. The van der Waals surface area contributed by atoms with Crippen LogP contribution in [0.2, 0.25) is 0 Å². The van der Waals surface area contributed by atoms with Gasteiger partial charge in [0.1, 0.15) is 5.54 Å². The molecule has 0 saturated carbocycles. The highest BCUT2D eigenvalue weighted by Crippen LogP contribution is 2.31. The number of hydrogen-bond acceptors (Lipinski definition) is 10. The Hall–Kier alpha value is -3.14. The smallest absolute Gasteiger partial charge is 0.468 e. The number of carbonyl (C=O) groups is 4. The molecule has 1 aromatic rings. The van der Waals surface area contributed by atoms with E-state index in [1.54, 1.807) is 6.07 Å². The molecule has 1 rings (SSSR count). The third-order valence-electron chi connectivity index (χ3n) is 5.43. The van der Waals surface area contributed by atoms with E-state index in [1.807, 2.05) is 27.7 Å². The van der Waals surface area contributed by atoms with Crippen LogP contribution in [0.25, 0.3) is 0 Å². The lowest BCUT2D eigenvalue weighted by molar-refractivity contribution is -0.147. The second-order valence-corrected chi connectivity index (χ2v) is 8.73. The summed E-state index contributed by atoms with van der Waals surface area (Å²) in [6, 6.07) is 4.59. The molecule has 2 atom stereocenters. The standard InChI is InChI=1S/C26H39NO9/c1-6-9-22(28)35-20-12-11-19(15-21(20)36-23(29)10-7-2)16-26(27,24(30)32-5)13-14-33-25(31)34-17-18(4)8-3/h11-12,15,18H,6-10,13-14,16-17,27H2,1-5H3/t18-,26?/m0/s1. The fourth-order valence-corrected chi connectivity index (χ4v) is 3.10. The zero-order chi connectivity index (χ0) is 27.1. The molecule has 0 aromatic heterocycles. The predicted octanol–water partition coefficient (Wildman–Crippen LogP) is 4.10. The first-order valence-corrected chi connectivity index (χ1v) is 12.3. The highest BCUT2D eigenvalue weighted by molar-refractivity contribution is 5.81. The van der Waals surface area contributed by atoms with Gasteiger partial charge in [-0.05, 0) is 36.5 Å². The van der Waals surface area contributed by atoms with Gasteiger partial charge in [-0.25, -0.2) is 4.79 Å². The molecular formula is C26H39NO9. The summed E-state index contributed by atoms with van der Waals surface area (Å²) in [7, 11) is 1.21. The van der Waals surface area contributed by atoms with Crippen molar-refractivity contribution < 1.29 is 42.9 Å². The number of esters is 3. The van der Waals surface area contributed by atoms with Crippen LogP contribution in [0.15, 0.2) is 18.2 Å². The van der Waals surface area contributed by atoms with Gasteiger partial charge in [0.05, 0.1) is 20.3 Å². The maximum atomic E-state index is 12.5. The maximum Gasteiger partial charge on any atom is 0.508 e. The van der Waals surface area contributed by atoms with Crippen molar-refractivity contribution in [3.05, 3.63) is 23.8 Å². The van der Waals surface area contributed by atoms with Crippen molar-refractivity contribution in [1.29, 1.82) is 0 Å². The third kappa shape index (κ3) is 10.6. The van der Waals surface area contributed by atoms with Gasteiger partial charge in [0.25, 0.3) is 0 Å². The van der Waals surface area contributed by atoms with Crippen LogP contribution in [0.4, 0.5) is 4.79 Å². The Morgan fingerprint density at radius 3 is 2.11 bits per heavy atom. The quantitative estimate of drug-likeness (QED) is 0.271. The van der Waals surface area contributed by atoms with E-state index < -0.39 is 29.6 Å². The van der Waals surface area contributed by atoms with Gasteiger partial charge in [-0.2, -0.15) is 0 Å². The van der Waals surface area contributed by atoms with Crippen LogP contribution >= 0.6 is 0 Å². The summed E-state index contributed by atoms with van der Waals surface area (Å²) < 4.78 is 25.8. The molecule has 0 heterocycles. The van der Waals surface area contributed by atoms with Crippen LogP contribution in [-0.4, -0.2) is 49.9 Å². The molecule has 0 spiro atoms. The number of hydrogen-bond donors (Lipinski definition) is 1. The third-order valence-corrected chi connectivity index (χ3v) is 5.43. The summed E-state index contributed by atoms with van der Waals surface area (Å²) in [6.07, 6.45) is 1.52. The topological polar surface area (TPSA) is 140 Å². The first kappa shape index (κ1) is 30.9. The van der Waals surface area contributed by atoms with Crippen LogP contribution < -0.4 is 15.2 Å². The number of ether oxygens (including phenoxy) is 5. The second kappa shape index (κ2) is 15.8. The van der Waals surface area contributed by atoms with E-state index in [9.17, 15) is 19.2 Å². The number of nitrogens with two attached hydrogens (primary N) is 1. The molecule has 0 aliphatic rings. The van der Waals surface area contributed by atoms with Gasteiger partial charge in [-0.3, -0.25) is 14.4 Å². The second-order valence-electron chi connectivity index (χ2n) is 8.73. The van der Waals surface area contributed by atoms with E-state index in [0.717, 1.165) is 6.42 Å². The van der Waals surface area contributed by atoms with Crippen LogP contribution in [-0.2, 0) is 35.0 Å². The first-order valence-electron chi connectivity index (χ1n) is 12.3. The monoisotopic (exact) mass is 509 g/mol. The van der Waals surface area contributed by atoms with E-state index in [4.69, 9.17) is 29.4 Å². The highest BCUT2D eigenvalue weighted by atomic mass is 16.7. The highest BCUT2D eigenvalue weighted by Gasteiger charge is 2.36. The van der Waals surface area contributed by atoms with Crippen LogP contribution in [0.5, 0.6) is 11.5 Å². The molecule has 1 aromatic carbocycles. The predicted molar refractivity (Wildman–Crippen MR) is 132 cm³/mol. The number of benzene rings is 1. The summed E-state index contributed by atoms with van der Waals surface area (Å²) in [5.74, 6) is -1.31. The molecule has 0 aliphatic heterocycles. The molecule has 0 saturated heterocycles. The van der Waals surface area contributed by atoms with Crippen molar-refractivity contribution in [2.45, 2.75) is 78.2 Å². The van der Waals surface area contributed by atoms with Gasteiger partial charge in [0.2, 0.25) is 0 Å². The van der Waals surface area contributed by atoms with E-state index >= 15 is 0 Å². The Balaban J connectivity index is 3.03. The van der Waals surface area contributed by atoms with E-state index in [1.165, 1.54) is 19.2 Å².